The zero-order valence-electron chi connectivity index (χ0n) is 14.3. The van der Waals surface area contributed by atoms with Crippen LogP contribution in [0, 0.1) is 21.4 Å². The first-order valence-corrected chi connectivity index (χ1v) is 8.79. The van der Waals surface area contributed by atoms with Crippen LogP contribution in [0.1, 0.15) is 5.76 Å². The highest BCUT2D eigenvalue weighted by atomic mass is 79.9. The Morgan fingerprint density at radius 1 is 1.11 bits per heavy atom. The molecular formula is C20H12BrN3O4. The first-order valence-electron chi connectivity index (χ1n) is 7.99. The minimum absolute atomic E-state index is 0.0215. The first kappa shape index (κ1) is 19.1. The number of hydrogen-bond donors (Lipinski definition) is 1. The van der Waals surface area contributed by atoms with Gasteiger partial charge < -0.3 is 9.73 Å². The normalized spacial score (nSPS) is 10.9. The van der Waals surface area contributed by atoms with Crippen molar-refractivity contribution in [2.45, 2.75) is 0 Å². The smallest absolute Gasteiger partial charge is 0.269 e. The molecule has 0 radical (unpaired) electrons. The van der Waals surface area contributed by atoms with E-state index in [0.29, 0.717) is 22.8 Å². The summed E-state index contributed by atoms with van der Waals surface area (Å²) in [5.74, 6) is 0.223. The Hall–Kier alpha value is -3.70. The summed E-state index contributed by atoms with van der Waals surface area (Å²) in [6.45, 7) is 0. The zero-order chi connectivity index (χ0) is 20.1. The predicted molar refractivity (Wildman–Crippen MR) is 107 cm³/mol. The van der Waals surface area contributed by atoms with Crippen LogP contribution in [0.25, 0.3) is 17.4 Å². The summed E-state index contributed by atoms with van der Waals surface area (Å²) >= 11 is 3.31. The third kappa shape index (κ3) is 4.52. The third-order valence-electron chi connectivity index (χ3n) is 3.74. The summed E-state index contributed by atoms with van der Waals surface area (Å²) in [5.41, 5.74) is 1.06. The van der Waals surface area contributed by atoms with E-state index in [2.05, 4.69) is 21.2 Å². The zero-order valence-corrected chi connectivity index (χ0v) is 15.8. The number of carbonyl (C=O) groups excluding carboxylic acids is 1. The van der Waals surface area contributed by atoms with Crippen molar-refractivity contribution < 1.29 is 14.1 Å². The van der Waals surface area contributed by atoms with Crippen molar-refractivity contribution in [1.82, 2.24) is 0 Å². The largest absolute Gasteiger partial charge is 0.457 e. The lowest BCUT2D eigenvalue weighted by Crippen LogP contribution is -2.13. The van der Waals surface area contributed by atoms with Crippen LogP contribution in [-0.4, -0.2) is 10.8 Å². The quantitative estimate of drug-likeness (QED) is 0.256. The van der Waals surface area contributed by atoms with Gasteiger partial charge in [-0.1, -0.05) is 15.9 Å². The van der Waals surface area contributed by atoms with Crippen molar-refractivity contribution >= 4 is 39.3 Å². The number of hydrogen-bond acceptors (Lipinski definition) is 5. The van der Waals surface area contributed by atoms with Crippen LogP contribution in [0.2, 0.25) is 0 Å². The second-order valence-corrected chi connectivity index (χ2v) is 6.55. The number of benzene rings is 2. The number of nitriles is 1. The number of amides is 1. The fraction of sp³-hybridized carbons (Fsp3) is 0. The highest BCUT2D eigenvalue weighted by molar-refractivity contribution is 9.10. The standard InChI is InChI=1S/C20H12BrN3O4/c21-15-3-5-16(6-4-15)23-20(25)14(12-22)11-18-9-10-19(28-18)13-1-7-17(8-2-13)24(26)27/h1-11H,(H,23,25)/b14-11+. The molecule has 0 unspecified atom stereocenters. The maximum absolute atomic E-state index is 12.3. The molecule has 0 fully saturated rings. The molecule has 1 amide bonds. The number of rotatable bonds is 5. The van der Waals surface area contributed by atoms with Crippen molar-refractivity contribution in [1.29, 1.82) is 5.26 Å². The van der Waals surface area contributed by atoms with E-state index in [-0.39, 0.29) is 11.3 Å². The van der Waals surface area contributed by atoms with Crippen LogP contribution in [0.15, 0.2) is 75.1 Å². The molecule has 2 aromatic carbocycles. The molecule has 8 heteroatoms. The molecule has 28 heavy (non-hydrogen) atoms. The monoisotopic (exact) mass is 437 g/mol. The highest BCUT2D eigenvalue weighted by Crippen LogP contribution is 2.25. The number of anilines is 1. The van der Waals surface area contributed by atoms with Crippen LogP contribution >= 0.6 is 15.9 Å². The van der Waals surface area contributed by atoms with E-state index >= 15 is 0 Å². The van der Waals surface area contributed by atoms with E-state index in [4.69, 9.17) is 4.42 Å². The number of halogens is 1. The van der Waals surface area contributed by atoms with E-state index in [9.17, 15) is 20.2 Å². The van der Waals surface area contributed by atoms with Gasteiger partial charge >= 0.3 is 0 Å². The summed E-state index contributed by atoms with van der Waals surface area (Å²) in [6, 6.07) is 18.0. The molecule has 1 N–H and O–H groups in total. The molecule has 0 saturated heterocycles. The first-order chi connectivity index (χ1) is 13.5. The second-order valence-electron chi connectivity index (χ2n) is 5.64. The van der Waals surface area contributed by atoms with Gasteiger partial charge in [-0.2, -0.15) is 5.26 Å². The molecule has 0 bridgehead atoms. The van der Waals surface area contributed by atoms with Crippen LogP contribution in [0.3, 0.4) is 0 Å². The lowest BCUT2D eigenvalue weighted by atomic mass is 10.1. The van der Waals surface area contributed by atoms with Gasteiger partial charge in [-0.05, 0) is 48.5 Å². The molecule has 7 nitrogen and oxygen atoms in total. The summed E-state index contributed by atoms with van der Waals surface area (Å²) in [5, 5.41) is 22.7. The van der Waals surface area contributed by atoms with Gasteiger partial charge in [-0.3, -0.25) is 14.9 Å². The van der Waals surface area contributed by atoms with E-state index < -0.39 is 10.8 Å². The molecule has 0 aliphatic carbocycles. The van der Waals surface area contributed by atoms with Crippen molar-refractivity contribution in [3.63, 3.8) is 0 Å². The minimum Gasteiger partial charge on any atom is -0.457 e. The second kappa shape index (κ2) is 8.33. The minimum atomic E-state index is -0.557. The average molecular weight is 438 g/mol. The molecule has 0 saturated carbocycles. The Labute approximate surface area is 168 Å². The number of carbonyl (C=O) groups is 1. The molecule has 1 heterocycles. The van der Waals surface area contributed by atoms with Crippen LogP contribution in [-0.2, 0) is 4.79 Å². The molecule has 138 valence electrons. The maximum atomic E-state index is 12.3. The SMILES string of the molecule is N#C/C(=C\c1ccc(-c2ccc([N+](=O)[O-])cc2)o1)C(=O)Nc1ccc(Br)cc1. The van der Waals surface area contributed by atoms with E-state index in [1.807, 2.05) is 6.07 Å². The number of nitro groups is 1. The number of nitrogens with one attached hydrogen (secondary N) is 1. The van der Waals surface area contributed by atoms with Gasteiger partial charge in [0.15, 0.2) is 0 Å². The molecule has 1 aromatic heterocycles. The third-order valence-corrected chi connectivity index (χ3v) is 4.27. The summed E-state index contributed by atoms with van der Waals surface area (Å²) in [4.78, 5) is 22.5. The van der Waals surface area contributed by atoms with Gasteiger partial charge in [-0.25, -0.2) is 0 Å². The van der Waals surface area contributed by atoms with E-state index in [0.717, 1.165) is 4.47 Å². The van der Waals surface area contributed by atoms with E-state index in [1.165, 1.54) is 18.2 Å². The molecule has 0 aliphatic heterocycles. The number of nitro benzene ring substituents is 1. The maximum Gasteiger partial charge on any atom is 0.269 e. The van der Waals surface area contributed by atoms with Gasteiger partial charge in [0.2, 0.25) is 0 Å². The van der Waals surface area contributed by atoms with Gasteiger partial charge in [-0.15, -0.1) is 0 Å². The lowest BCUT2D eigenvalue weighted by molar-refractivity contribution is -0.384. The fourth-order valence-corrected chi connectivity index (χ4v) is 2.62. The molecule has 3 rings (SSSR count). The van der Waals surface area contributed by atoms with Crippen molar-refractivity contribution in [2.24, 2.45) is 0 Å². The topological polar surface area (TPSA) is 109 Å². The molecular weight excluding hydrogens is 426 g/mol. The van der Waals surface area contributed by atoms with Crippen molar-refractivity contribution in [3.05, 3.63) is 86.6 Å². The summed E-state index contributed by atoms with van der Waals surface area (Å²) < 4.78 is 6.51. The average Bonchev–Trinajstić information content (AvgIpc) is 3.16. The Bertz CT molecular complexity index is 1090. The van der Waals surface area contributed by atoms with Crippen LogP contribution in [0.5, 0.6) is 0 Å². The summed E-state index contributed by atoms with van der Waals surface area (Å²) in [7, 11) is 0. The highest BCUT2D eigenvalue weighted by Gasteiger charge is 2.12. The Morgan fingerprint density at radius 3 is 2.39 bits per heavy atom. The number of nitrogens with zero attached hydrogens (tertiary/aromatic N) is 2. The van der Waals surface area contributed by atoms with Crippen LogP contribution < -0.4 is 5.32 Å². The van der Waals surface area contributed by atoms with Gasteiger partial charge in [0, 0.05) is 33.9 Å². The Morgan fingerprint density at radius 2 is 1.79 bits per heavy atom. The van der Waals surface area contributed by atoms with Gasteiger partial charge in [0.25, 0.3) is 11.6 Å². The van der Waals surface area contributed by atoms with Gasteiger partial charge in [0.05, 0.1) is 4.92 Å². The lowest BCUT2D eigenvalue weighted by Gasteiger charge is -2.03. The molecule has 0 atom stereocenters. The Balaban J connectivity index is 1.78. The van der Waals surface area contributed by atoms with Crippen molar-refractivity contribution in [3.8, 4) is 17.4 Å². The molecule has 0 aliphatic rings. The van der Waals surface area contributed by atoms with E-state index in [1.54, 1.807) is 48.5 Å². The Kier molecular flexibility index (Phi) is 5.67. The fourth-order valence-electron chi connectivity index (χ4n) is 2.36. The summed E-state index contributed by atoms with van der Waals surface area (Å²) in [6.07, 6.45) is 1.34. The number of furan rings is 1. The predicted octanol–water partition coefficient (Wildman–Crippen LogP) is 5.16. The molecule has 0 spiro atoms. The van der Waals surface area contributed by atoms with Crippen molar-refractivity contribution in [2.75, 3.05) is 5.32 Å². The molecule has 3 aromatic rings. The van der Waals surface area contributed by atoms with Gasteiger partial charge in [0.1, 0.15) is 23.2 Å². The van der Waals surface area contributed by atoms with Crippen LogP contribution in [0.4, 0.5) is 11.4 Å². The number of non-ortho nitro benzene ring substituents is 1.